The van der Waals surface area contributed by atoms with Gasteiger partial charge in [-0.05, 0) is 34.7 Å². The molecule has 60 valence electrons. The summed E-state index contributed by atoms with van der Waals surface area (Å²) in [4.78, 5) is 14.6. The molecule has 0 aliphatic rings. The lowest BCUT2D eigenvalue weighted by atomic mass is 10.3. The van der Waals surface area contributed by atoms with E-state index in [-0.39, 0.29) is 0 Å². The van der Waals surface area contributed by atoms with Crippen LogP contribution in [-0.2, 0) is 0 Å². The summed E-state index contributed by atoms with van der Waals surface area (Å²) in [5.74, 6) is 0. The van der Waals surface area contributed by atoms with Gasteiger partial charge in [0.25, 0.3) is 0 Å². The second kappa shape index (κ2) is 2.85. The van der Waals surface area contributed by atoms with Crippen molar-refractivity contribution < 1.29 is 4.79 Å². The van der Waals surface area contributed by atoms with Crippen molar-refractivity contribution in [2.45, 2.75) is 0 Å². The Hall–Kier alpha value is -0.910. The van der Waals surface area contributed by atoms with Gasteiger partial charge in [-0.25, -0.2) is 4.98 Å². The number of pyridine rings is 1. The predicted octanol–water partition coefficient (Wildman–Crippen LogP) is 1.75. The fourth-order valence-corrected chi connectivity index (χ4v) is 1.56. The molecule has 4 heteroatoms. The Morgan fingerprint density at radius 1 is 1.50 bits per heavy atom. The van der Waals surface area contributed by atoms with Gasteiger partial charge in [0.1, 0.15) is 9.35 Å². The van der Waals surface area contributed by atoms with Crippen molar-refractivity contribution in [3.8, 4) is 0 Å². The highest BCUT2D eigenvalue weighted by Crippen LogP contribution is 2.09. The Labute approximate surface area is 82.6 Å². The van der Waals surface area contributed by atoms with E-state index in [1.807, 2.05) is 10.5 Å². The molecule has 0 radical (unpaired) electrons. The summed E-state index contributed by atoms with van der Waals surface area (Å²) < 4.78 is 2.89. The molecule has 0 saturated carbocycles. The molecule has 12 heavy (non-hydrogen) atoms. The number of aldehydes is 1. The van der Waals surface area contributed by atoms with E-state index in [4.69, 9.17) is 0 Å². The molecule has 2 aromatic heterocycles. The molecule has 0 unspecified atom stereocenters. The number of rotatable bonds is 1. The van der Waals surface area contributed by atoms with Gasteiger partial charge in [-0.15, -0.1) is 0 Å². The highest BCUT2D eigenvalue weighted by atomic mass is 127. The summed E-state index contributed by atoms with van der Waals surface area (Å²) in [6.07, 6.45) is 4.37. The van der Waals surface area contributed by atoms with E-state index in [1.54, 1.807) is 18.5 Å². The number of hydrogen-bond acceptors (Lipinski definition) is 2. The van der Waals surface area contributed by atoms with E-state index in [2.05, 4.69) is 27.6 Å². The number of imidazole rings is 1. The van der Waals surface area contributed by atoms with Gasteiger partial charge in [0, 0.05) is 11.8 Å². The third-order valence-electron chi connectivity index (χ3n) is 1.62. The normalized spacial score (nSPS) is 10.4. The Kier molecular flexibility index (Phi) is 1.84. The van der Waals surface area contributed by atoms with Crippen LogP contribution in [0, 0.1) is 3.70 Å². The average molecular weight is 272 g/mol. The lowest BCUT2D eigenvalue weighted by Gasteiger charge is -1.94. The molecule has 0 bridgehead atoms. The molecule has 0 aliphatic heterocycles. The number of carbonyl (C=O) groups excluding carboxylic acids is 1. The quantitative estimate of drug-likeness (QED) is 0.585. The Balaban J connectivity index is 2.79. The first-order valence-corrected chi connectivity index (χ1v) is 4.47. The SMILES string of the molecule is O=Cc1ccc2ncc(I)n2c1. The van der Waals surface area contributed by atoms with Crippen molar-refractivity contribution in [1.29, 1.82) is 0 Å². The Morgan fingerprint density at radius 2 is 2.33 bits per heavy atom. The minimum atomic E-state index is 0.665. The first-order valence-electron chi connectivity index (χ1n) is 3.39. The topological polar surface area (TPSA) is 34.4 Å². The molecule has 2 heterocycles. The van der Waals surface area contributed by atoms with Crippen LogP contribution in [0.5, 0.6) is 0 Å². The zero-order valence-electron chi connectivity index (χ0n) is 6.07. The largest absolute Gasteiger partial charge is 0.298 e. The second-order valence-electron chi connectivity index (χ2n) is 2.39. The summed E-state index contributed by atoms with van der Waals surface area (Å²) in [7, 11) is 0. The van der Waals surface area contributed by atoms with Gasteiger partial charge >= 0.3 is 0 Å². The van der Waals surface area contributed by atoms with Crippen LogP contribution in [0.3, 0.4) is 0 Å². The van der Waals surface area contributed by atoms with Crippen LogP contribution in [-0.4, -0.2) is 15.7 Å². The standard InChI is InChI=1S/C8H5IN2O/c9-7-3-10-8-2-1-6(5-12)4-11(7)8/h1-5H. The average Bonchev–Trinajstić information content (AvgIpc) is 2.47. The zero-order chi connectivity index (χ0) is 8.55. The maximum atomic E-state index is 10.4. The number of nitrogens with zero attached hydrogens (tertiary/aromatic N) is 2. The van der Waals surface area contributed by atoms with Crippen LogP contribution in [0.4, 0.5) is 0 Å². The number of halogens is 1. The summed E-state index contributed by atoms with van der Waals surface area (Å²) in [5.41, 5.74) is 1.53. The Bertz CT molecular complexity index is 436. The van der Waals surface area contributed by atoms with Gasteiger partial charge in [-0.3, -0.25) is 9.20 Å². The zero-order valence-corrected chi connectivity index (χ0v) is 8.22. The minimum Gasteiger partial charge on any atom is -0.298 e. The Morgan fingerprint density at radius 3 is 3.08 bits per heavy atom. The van der Waals surface area contributed by atoms with Crippen molar-refractivity contribution in [1.82, 2.24) is 9.38 Å². The molecule has 0 atom stereocenters. The first kappa shape index (κ1) is 7.72. The number of aromatic nitrogens is 2. The maximum Gasteiger partial charge on any atom is 0.151 e. The van der Waals surface area contributed by atoms with E-state index >= 15 is 0 Å². The van der Waals surface area contributed by atoms with Crippen molar-refractivity contribution in [2.24, 2.45) is 0 Å². The van der Waals surface area contributed by atoms with E-state index in [1.165, 1.54) is 0 Å². The van der Waals surface area contributed by atoms with E-state index in [0.717, 1.165) is 15.6 Å². The van der Waals surface area contributed by atoms with Gasteiger partial charge < -0.3 is 0 Å². The van der Waals surface area contributed by atoms with Crippen LogP contribution >= 0.6 is 22.6 Å². The van der Waals surface area contributed by atoms with Gasteiger partial charge in [0.2, 0.25) is 0 Å². The second-order valence-corrected chi connectivity index (χ2v) is 3.49. The van der Waals surface area contributed by atoms with Crippen molar-refractivity contribution in [3.05, 3.63) is 33.8 Å². The summed E-state index contributed by atoms with van der Waals surface area (Å²) in [6.45, 7) is 0. The van der Waals surface area contributed by atoms with Crippen LogP contribution in [0.1, 0.15) is 10.4 Å². The number of carbonyl (C=O) groups is 1. The monoisotopic (exact) mass is 272 g/mol. The van der Waals surface area contributed by atoms with Crippen LogP contribution in [0.25, 0.3) is 5.65 Å². The van der Waals surface area contributed by atoms with Crippen molar-refractivity contribution >= 4 is 34.5 Å². The molecule has 0 fully saturated rings. The fraction of sp³-hybridized carbons (Fsp3) is 0. The molecule has 0 aromatic carbocycles. The van der Waals surface area contributed by atoms with Gasteiger partial charge in [-0.2, -0.15) is 0 Å². The molecular formula is C8H5IN2O. The molecule has 0 spiro atoms. The maximum absolute atomic E-state index is 10.4. The third kappa shape index (κ3) is 1.12. The fourth-order valence-electron chi connectivity index (χ4n) is 1.04. The predicted molar refractivity (Wildman–Crippen MR) is 53.3 cm³/mol. The number of fused-ring (bicyclic) bond motifs is 1. The molecule has 3 nitrogen and oxygen atoms in total. The highest BCUT2D eigenvalue weighted by Gasteiger charge is 1.99. The van der Waals surface area contributed by atoms with Crippen molar-refractivity contribution in [2.75, 3.05) is 0 Å². The van der Waals surface area contributed by atoms with Crippen LogP contribution in [0.2, 0.25) is 0 Å². The minimum absolute atomic E-state index is 0.665. The highest BCUT2D eigenvalue weighted by molar-refractivity contribution is 14.1. The van der Waals surface area contributed by atoms with Crippen LogP contribution in [0.15, 0.2) is 24.5 Å². The first-order chi connectivity index (χ1) is 5.81. The molecule has 2 aromatic rings. The molecule has 0 aliphatic carbocycles. The van der Waals surface area contributed by atoms with E-state index in [0.29, 0.717) is 5.56 Å². The molecule has 0 N–H and O–H groups in total. The van der Waals surface area contributed by atoms with Gasteiger partial charge in [-0.1, -0.05) is 0 Å². The van der Waals surface area contributed by atoms with Crippen molar-refractivity contribution in [3.63, 3.8) is 0 Å². The van der Waals surface area contributed by atoms with E-state index in [9.17, 15) is 4.79 Å². The number of hydrogen-bond donors (Lipinski definition) is 0. The molecule has 0 amide bonds. The summed E-state index contributed by atoms with van der Waals surface area (Å²) in [5, 5.41) is 0. The van der Waals surface area contributed by atoms with Gasteiger partial charge in [0.05, 0.1) is 6.20 Å². The molecule has 0 saturated heterocycles. The lowest BCUT2D eigenvalue weighted by molar-refractivity contribution is 0.112. The summed E-state index contributed by atoms with van der Waals surface area (Å²) in [6, 6.07) is 3.58. The van der Waals surface area contributed by atoms with Crippen LogP contribution < -0.4 is 0 Å². The molecular weight excluding hydrogens is 267 g/mol. The third-order valence-corrected chi connectivity index (χ3v) is 2.42. The smallest absolute Gasteiger partial charge is 0.151 e. The lowest BCUT2D eigenvalue weighted by Crippen LogP contribution is -1.89. The summed E-state index contributed by atoms with van der Waals surface area (Å²) >= 11 is 2.17. The van der Waals surface area contributed by atoms with Gasteiger partial charge in [0.15, 0.2) is 6.29 Å². The molecule has 2 rings (SSSR count). The van der Waals surface area contributed by atoms with E-state index < -0.39 is 0 Å².